The quantitative estimate of drug-likeness (QED) is 0.773. The smallest absolute Gasteiger partial charge is 0.278 e. The standard InChI is InChI=1S/C24H25FN2O3/c1-16-4-6-17(7-5-16)14-27-23(29)21(19-8-10-20(25)11-9-19)22(24(27)30)26-12-2-3-18(13-26)15-28/h4-11,18,28H,2-3,12-15H2,1H3. The molecule has 2 aromatic rings. The predicted molar refractivity (Wildman–Crippen MR) is 111 cm³/mol. The number of benzene rings is 2. The van der Waals surface area contributed by atoms with Gasteiger partial charge in [-0.05, 0) is 48.9 Å². The number of likely N-dealkylation sites (tertiary alicyclic amines) is 1. The number of amides is 2. The Bertz CT molecular complexity index is 983. The Morgan fingerprint density at radius 2 is 1.73 bits per heavy atom. The SMILES string of the molecule is Cc1ccc(CN2C(=O)C(c3ccc(F)cc3)=C(N3CCCC(CO)C3)C2=O)cc1. The molecule has 1 N–H and O–H groups in total. The van der Waals surface area contributed by atoms with Crippen LogP contribution in [-0.2, 0) is 16.1 Å². The van der Waals surface area contributed by atoms with Crippen LogP contribution in [0.2, 0.25) is 0 Å². The number of piperidine rings is 1. The van der Waals surface area contributed by atoms with E-state index in [2.05, 4.69) is 0 Å². The molecule has 1 fully saturated rings. The third-order valence-electron chi connectivity index (χ3n) is 5.83. The second kappa shape index (κ2) is 8.40. The molecule has 1 unspecified atom stereocenters. The number of aliphatic hydroxyl groups is 1. The Morgan fingerprint density at radius 1 is 1.03 bits per heavy atom. The molecule has 5 nitrogen and oxygen atoms in total. The summed E-state index contributed by atoms with van der Waals surface area (Å²) in [6, 6.07) is 13.4. The van der Waals surface area contributed by atoms with Gasteiger partial charge in [0.1, 0.15) is 11.5 Å². The molecule has 1 atom stereocenters. The number of carbonyl (C=O) groups is 2. The van der Waals surface area contributed by atoms with Crippen LogP contribution in [0.25, 0.3) is 5.57 Å². The van der Waals surface area contributed by atoms with E-state index < -0.39 is 5.82 Å². The lowest BCUT2D eigenvalue weighted by atomic mass is 9.97. The molecule has 30 heavy (non-hydrogen) atoms. The molecule has 0 aromatic heterocycles. The van der Waals surface area contributed by atoms with Gasteiger partial charge in [0.2, 0.25) is 0 Å². The third-order valence-corrected chi connectivity index (χ3v) is 5.83. The highest BCUT2D eigenvalue weighted by Gasteiger charge is 2.42. The Kier molecular flexibility index (Phi) is 5.68. The van der Waals surface area contributed by atoms with Crippen molar-refractivity contribution in [1.82, 2.24) is 9.80 Å². The number of imide groups is 1. The molecule has 0 spiro atoms. The Hall–Kier alpha value is -2.99. The first-order valence-corrected chi connectivity index (χ1v) is 10.3. The van der Waals surface area contributed by atoms with Crippen LogP contribution in [-0.4, -0.2) is 46.4 Å². The summed E-state index contributed by atoms with van der Waals surface area (Å²) in [5, 5.41) is 9.61. The molecule has 0 bridgehead atoms. The molecular formula is C24H25FN2O3. The zero-order chi connectivity index (χ0) is 21.3. The van der Waals surface area contributed by atoms with Crippen LogP contribution in [0.4, 0.5) is 4.39 Å². The van der Waals surface area contributed by atoms with E-state index in [-0.39, 0.29) is 30.9 Å². The van der Waals surface area contributed by atoms with Gasteiger partial charge in [0.05, 0.1) is 12.1 Å². The molecule has 2 aromatic carbocycles. The summed E-state index contributed by atoms with van der Waals surface area (Å²) in [7, 11) is 0. The molecule has 2 aliphatic rings. The predicted octanol–water partition coefficient (Wildman–Crippen LogP) is 3.12. The molecule has 2 aliphatic heterocycles. The first-order valence-electron chi connectivity index (χ1n) is 10.3. The van der Waals surface area contributed by atoms with Gasteiger partial charge in [-0.2, -0.15) is 0 Å². The molecular weight excluding hydrogens is 383 g/mol. The van der Waals surface area contributed by atoms with E-state index in [1.54, 1.807) is 12.1 Å². The molecule has 6 heteroatoms. The molecule has 0 saturated carbocycles. The van der Waals surface area contributed by atoms with Gasteiger partial charge in [-0.3, -0.25) is 14.5 Å². The third kappa shape index (κ3) is 3.87. The highest BCUT2D eigenvalue weighted by molar-refractivity contribution is 6.35. The van der Waals surface area contributed by atoms with Gasteiger partial charge in [-0.25, -0.2) is 4.39 Å². The topological polar surface area (TPSA) is 60.9 Å². The number of carbonyl (C=O) groups excluding carboxylic acids is 2. The van der Waals surface area contributed by atoms with Gasteiger partial charge in [0, 0.05) is 19.7 Å². The fourth-order valence-electron chi connectivity index (χ4n) is 4.17. The summed E-state index contributed by atoms with van der Waals surface area (Å²) in [4.78, 5) is 29.9. The fraction of sp³-hybridized carbons (Fsp3) is 0.333. The minimum Gasteiger partial charge on any atom is -0.396 e. The van der Waals surface area contributed by atoms with Crippen molar-refractivity contribution in [3.8, 4) is 0 Å². The molecule has 2 amide bonds. The van der Waals surface area contributed by atoms with Gasteiger partial charge in [-0.1, -0.05) is 42.0 Å². The summed E-state index contributed by atoms with van der Waals surface area (Å²) in [5.41, 5.74) is 3.17. The fourth-order valence-corrected chi connectivity index (χ4v) is 4.17. The number of aliphatic hydroxyl groups excluding tert-OH is 1. The van der Waals surface area contributed by atoms with Crippen LogP contribution in [0.15, 0.2) is 54.2 Å². The zero-order valence-electron chi connectivity index (χ0n) is 17.0. The van der Waals surface area contributed by atoms with E-state index in [0.29, 0.717) is 29.9 Å². The largest absolute Gasteiger partial charge is 0.396 e. The second-order valence-electron chi connectivity index (χ2n) is 8.05. The second-order valence-corrected chi connectivity index (χ2v) is 8.05. The van der Waals surface area contributed by atoms with Crippen LogP contribution < -0.4 is 0 Å². The highest BCUT2D eigenvalue weighted by Crippen LogP contribution is 2.34. The average Bonchev–Trinajstić information content (AvgIpc) is 3.00. The summed E-state index contributed by atoms with van der Waals surface area (Å²) < 4.78 is 13.5. The number of rotatable bonds is 5. The molecule has 1 saturated heterocycles. The van der Waals surface area contributed by atoms with E-state index in [0.717, 1.165) is 24.0 Å². The number of hydrogen-bond acceptors (Lipinski definition) is 4. The Morgan fingerprint density at radius 3 is 2.40 bits per heavy atom. The first-order chi connectivity index (χ1) is 14.5. The van der Waals surface area contributed by atoms with Crippen LogP contribution >= 0.6 is 0 Å². The van der Waals surface area contributed by atoms with E-state index in [1.807, 2.05) is 36.1 Å². The Labute approximate surface area is 175 Å². The lowest BCUT2D eigenvalue weighted by Gasteiger charge is -2.34. The van der Waals surface area contributed by atoms with Crippen molar-refractivity contribution in [3.05, 3.63) is 76.7 Å². The maximum Gasteiger partial charge on any atom is 0.278 e. The maximum atomic E-state index is 13.5. The van der Waals surface area contributed by atoms with Crippen molar-refractivity contribution in [1.29, 1.82) is 0 Å². The van der Waals surface area contributed by atoms with Crippen molar-refractivity contribution < 1.29 is 19.1 Å². The van der Waals surface area contributed by atoms with E-state index in [9.17, 15) is 19.1 Å². The van der Waals surface area contributed by atoms with E-state index in [1.165, 1.54) is 17.0 Å². The summed E-state index contributed by atoms with van der Waals surface area (Å²) in [6.07, 6.45) is 1.73. The summed E-state index contributed by atoms with van der Waals surface area (Å²) in [6.45, 7) is 3.38. The number of halogens is 1. The van der Waals surface area contributed by atoms with Crippen molar-refractivity contribution in [2.45, 2.75) is 26.3 Å². The molecule has 156 valence electrons. The summed E-state index contributed by atoms with van der Waals surface area (Å²) in [5.74, 6) is -1.03. The van der Waals surface area contributed by atoms with Crippen molar-refractivity contribution >= 4 is 17.4 Å². The average molecular weight is 408 g/mol. The van der Waals surface area contributed by atoms with Gasteiger partial charge in [-0.15, -0.1) is 0 Å². The van der Waals surface area contributed by atoms with E-state index >= 15 is 0 Å². The van der Waals surface area contributed by atoms with Gasteiger partial charge in [0.15, 0.2) is 0 Å². The first kappa shape index (κ1) is 20.3. The lowest BCUT2D eigenvalue weighted by Crippen LogP contribution is -2.40. The monoisotopic (exact) mass is 408 g/mol. The van der Waals surface area contributed by atoms with Crippen molar-refractivity contribution in [3.63, 3.8) is 0 Å². The van der Waals surface area contributed by atoms with Crippen LogP contribution in [0.3, 0.4) is 0 Å². The maximum absolute atomic E-state index is 13.5. The summed E-state index contributed by atoms with van der Waals surface area (Å²) >= 11 is 0. The Balaban J connectivity index is 1.72. The number of aryl methyl sites for hydroxylation is 1. The van der Waals surface area contributed by atoms with Crippen LogP contribution in [0.1, 0.15) is 29.5 Å². The number of nitrogens with zero attached hydrogens (tertiary/aromatic N) is 2. The normalized spacial score (nSPS) is 19.8. The van der Waals surface area contributed by atoms with Gasteiger partial charge >= 0.3 is 0 Å². The van der Waals surface area contributed by atoms with Gasteiger partial charge in [0.25, 0.3) is 11.8 Å². The van der Waals surface area contributed by atoms with Crippen LogP contribution in [0, 0.1) is 18.7 Å². The number of hydrogen-bond donors (Lipinski definition) is 1. The minimum absolute atomic E-state index is 0.0465. The van der Waals surface area contributed by atoms with Crippen molar-refractivity contribution in [2.24, 2.45) is 5.92 Å². The molecule has 2 heterocycles. The molecule has 0 radical (unpaired) electrons. The van der Waals surface area contributed by atoms with Crippen molar-refractivity contribution in [2.75, 3.05) is 19.7 Å². The highest BCUT2D eigenvalue weighted by atomic mass is 19.1. The van der Waals surface area contributed by atoms with Crippen LogP contribution in [0.5, 0.6) is 0 Å². The molecule has 4 rings (SSSR count). The van der Waals surface area contributed by atoms with E-state index in [4.69, 9.17) is 0 Å². The zero-order valence-corrected chi connectivity index (χ0v) is 17.0. The molecule has 0 aliphatic carbocycles. The lowest BCUT2D eigenvalue weighted by molar-refractivity contribution is -0.138. The minimum atomic E-state index is -0.396. The van der Waals surface area contributed by atoms with Gasteiger partial charge < -0.3 is 10.0 Å².